The molecule has 3 aromatic rings. The van der Waals surface area contributed by atoms with Crippen LogP contribution in [0.25, 0.3) is 0 Å². The number of nitrogens with zero attached hydrogens (tertiary/aromatic N) is 1. The van der Waals surface area contributed by atoms with Crippen molar-refractivity contribution >= 4 is 23.7 Å². The van der Waals surface area contributed by atoms with E-state index in [-0.39, 0.29) is 0 Å². The van der Waals surface area contributed by atoms with Crippen LogP contribution >= 0.6 is 0 Å². The number of nitrogens with one attached hydrogen (secondary N) is 2. The number of hydrogen-bond acceptors (Lipinski definition) is 6. The molecule has 0 aromatic heterocycles. The number of carbonyl (C=O) groups is 2. The predicted octanol–water partition coefficient (Wildman–Crippen LogP) is 3.76. The van der Waals surface area contributed by atoms with Crippen molar-refractivity contribution in [2.45, 2.75) is 13.5 Å². The molecular weight excluding hydrogens is 422 g/mol. The van der Waals surface area contributed by atoms with Crippen molar-refractivity contribution in [2.24, 2.45) is 5.10 Å². The zero-order chi connectivity index (χ0) is 23.5. The van der Waals surface area contributed by atoms with Crippen LogP contribution in [0.2, 0.25) is 0 Å². The molecule has 8 nitrogen and oxygen atoms in total. The number of benzene rings is 3. The summed E-state index contributed by atoms with van der Waals surface area (Å²) in [6, 6.07) is 21.7. The van der Waals surface area contributed by atoms with E-state index in [1.165, 1.54) is 6.21 Å². The van der Waals surface area contributed by atoms with E-state index in [2.05, 4.69) is 15.8 Å². The Bertz CT molecular complexity index is 1100. The largest absolute Gasteiger partial charge is 0.497 e. The summed E-state index contributed by atoms with van der Waals surface area (Å²) in [6.07, 6.45) is 1.42. The van der Waals surface area contributed by atoms with Gasteiger partial charge in [0.15, 0.2) is 11.5 Å². The Labute approximate surface area is 192 Å². The van der Waals surface area contributed by atoms with Gasteiger partial charge in [0.25, 0.3) is 0 Å². The number of amides is 2. The van der Waals surface area contributed by atoms with Crippen LogP contribution < -0.4 is 25.0 Å². The molecule has 0 aliphatic heterocycles. The van der Waals surface area contributed by atoms with Gasteiger partial charge in [-0.1, -0.05) is 30.3 Å². The highest BCUT2D eigenvalue weighted by Crippen LogP contribution is 2.29. The molecule has 3 aromatic carbocycles. The Hall–Kier alpha value is -4.33. The molecule has 3 rings (SSSR count). The van der Waals surface area contributed by atoms with Crippen molar-refractivity contribution in [1.82, 2.24) is 5.43 Å². The molecule has 0 heterocycles. The number of carbonyl (C=O) groups excluding carboxylic acids is 2. The number of methoxy groups -OCH3 is 1. The third-order valence-electron chi connectivity index (χ3n) is 4.44. The van der Waals surface area contributed by atoms with Crippen LogP contribution in [0.1, 0.15) is 18.1 Å². The summed E-state index contributed by atoms with van der Waals surface area (Å²) in [6.45, 7) is 2.75. The number of hydrazone groups is 1. The molecular formula is C25H25N3O5. The molecule has 2 amide bonds. The second-order valence-electron chi connectivity index (χ2n) is 6.80. The Balaban J connectivity index is 1.57. The van der Waals surface area contributed by atoms with Gasteiger partial charge in [-0.05, 0) is 60.5 Å². The average molecular weight is 447 g/mol. The first-order valence-electron chi connectivity index (χ1n) is 10.3. The van der Waals surface area contributed by atoms with Gasteiger partial charge in [0.1, 0.15) is 12.4 Å². The second-order valence-corrected chi connectivity index (χ2v) is 6.80. The van der Waals surface area contributed by atoms with Crippen molar-refractivity contribution in [2.75, 3.05) is 19.0 Å². The smallest absolute Gasteiger partial charge is 0.329 e. The molecule has 0 spiro atoms. The summed E-state index contributed by atoms with van der Waals surface area (Å²) >= 11 is 0. The fourth-order valence-corrected chi connectivity index (χ4v) is 2.81. The molecule has 170 valence electrons. The Morgan fingerprint density at radius 3 is 2.36 bits per heavy atom. The lowest BCUT2D eigenvalue weighted by atomic mass is 10.2. The van der Waals surface area contributed by atoms with E-state index in [0.717, 1.165) is 5.56 Å². The maximum absolute atomic E-state index is 12.0. The summed E-state index contributed by atoms with van der Waals surface area (Å²) in [5.41, 5.74) is 4.38. The number of hydrogen-bond donors (Lipinski definition) is 2. The van der Waals surface area contributed by atoms with E-state index in [0.29, 0.717) is 41.7 Å². The Morgan fingerprint density at radius 2 is 1.67 bits per heavy atom. The first kappa shape index (κ1) is 23.3. The van der Waals surface area contributed by atoms with Gasteiger partial charge in [-0.3, -0.25) is 9.59 Å². The summed E-state index contributed by atoms with van der Waals surface area (Å²) in [4.78, 5) is 24.0. The van der Waals surface area contributed by atoms with Crippen molar-refractivity contribution < 1.29 is 23.8 Å². The van der Waals surface area contributed by atoms with Gasteiger partial charge in [0.2, 0.25) is 0 Å². The molecule has 0 bridgehead atoms. The van der Waals surface area contributed by atoms with Crippen LogP contribution in [0.3, 0.4) is 0 Å². The van der Waals surface area contributed by atoms with Gasteiger partial charge < -0.3 is 19.5 Å². The van der Waals surface area contributed by atoms with Crippen molar-refractivity contribution in [3.8, 4) is 17.2 Å². The average Bonchev–Trinajstić information content (AvgIpc) is 2.84. The summed E-state index contributed by atoms with van der Waals surface area (Å²) in [5.74, 6) is 0.0681. The topological polar surface area (TPSA) is 98.2 Å². The van der Waals surface area contributed by atoms with E-state index in [1.807, 2.05) is 37.3 Å². The van der Waals surface area contributed by atoms with Crippen LogP contribution in [-0.4, -0.2) is 31.7 Å². The lowest BCUT2D eigenvalue weighted by Gasteiger charge is -2.12. The van der Waals surface area contributed by atoms with Gasteiger partial charge in [0, 0.05) is 5.69 Å². The van der Waals surface area contributed by atoms with E-state index < -0.39 is 11.8 Å². The third-order valence-corrected chi connectivity index (χ3v) is 4.44. The quantitative estimate of drug-likeness (QED) is 0.296. The fourth-order valence-electron chi connectivity index (χ4n) is 2.81. The van der Waals surface area contributed by atoms with E-state index in [4.69, 9.17) is 14.2 Å². The maximum Gasteiger partial charge on any atom is 0.329 e. The van der Waals surface area contributed by atoms with Crippen molar-refractivity contribution in [3.05, 3.63) is 83.9 Å². The van der Waals surface area contributed by atoms with Gasteiger partial charge >= 0.3 is 11.8 Å². The molecule has 0 saturated carbocycles. The minimum atomic E-state index is -0.894. The lowest BCUT2D eigenvalue weighted by molar-refractivity contribution is -0.136. The number of anilines is 1. The molecule has 0 saturated heterocycles. The Kier molecular flexibility index (Phi) is 8.41. The normalized spacial score (nSPS) is 10.5. The molecule has 8 heteroatoms. The van der Waals surface area contributed by atoms with Gasteiger partial charge in [-0.25, -0.2) is 5.43 Å². The highest BCUT2D eigenvalue weighted by molar-refractivity contribution is 6.39. The SMILES string of the molecule is CCOc1cc(/C=N\NC(=O)C(=O)Nc2ccc(OC)cc2)ccc1OCc1ccccc1. The van der Waals surface area contributed by atoms with Crippen LogP contribution in [0.15, 0.2) is 77.9 Å². The maximum atomic E-state index is 12.0. The molecule has 0 aliphatic rings. The number of rotatable bonds is 9. The molecule has 0 radical (unpaired) electrons. The zero-order valence-corrected chi connectivity index (χ0v) is 18.4. The van der Waals surface area contributed by atoms with Crippen molar-refractivity contribution in [1.29, 1.82) is 0 Å². The predicted molar refractivity (Wildman–Crippen MR) is 126 cm³/mol. The summed E-state index contributed by atoms with van der Waals surface area (Å²) < 4.78 is 16.6. The highest BCUT2D eigenvalue weighted by Gasteiger charge is 2.13. The summed E-state index contributed by atoms with van der Waals surface area (Å²) in [5, 5.41) is 6.34. The summed E-state index contributed by atoms with van der Waals surface area (Å²) in [7, 11) is 1.54. The molecule has 0 unspecified atom stereocenters. The molecule has 0 aliphatic carbocycles. The van der Waals surface area contributed by atoms with Crippen LogP contribution in [0.5, 0.6) is 17.2 Å². The van der Waals surface area contributed by atoms with Gasteiger partial charge in [-0.2, -0.15) is 5.10 Å². The van der Waals surface area contributed by atoms with E-state index >= 15 is 0 Å². The Morgan fingerprint density at radius 1 is 0.909 bits per heavy atom. The van der Waals surface area contributed by atoms with Crippen LogP contribution in [-0.2, 0) is 16.2 Å². The van der Waals surface area contributed by atoms with Gasteiger partial charge in [0.05, 0.1) is 19.9 Å². The van der Waals surface area contributed by atoms with Crippen LogP contribution in [0, 0.1) is 0 Å². The second kappa shape index (κ2) is 11.9. The fraction of sp³-hybridized carbons (Fsp3) is 0.160. The first-order valence-corrected chi connectivity index (χ1v) is 10.3. The minimum absolute atomic E-state index is 0.410. The van der Waals surface area contributed by atoms with Crippen LogP contribution in [0.4, 0.5) is 5.69 Å². The number of ether oxygens (including phenoxy) is 3. The molecule has 0 fully saturated rings. The molecule has 0 atom stereocenters. The zero-order valence-electron chi connectivity index (χ0n) is 18.4. The molecule has 2 N–H and O–H groups in total. The standard InChI is InChI=1S/C25H25N3O5/c1-3-32-23-15-19(9-14-22(23)33-17-18-7-5-4-6-8-18)16-26-28-25(30)24(29)27-20-10-12-21(31-2)13-11-20/h4-16H,3,17H2,1-2H3,(H,27,29)(H,28,30)/b26-16-. The first-order chi connectivity index (χ1) is 16.1. The monoisotopic (exact) mass is 447 g/mol. The highest BCUT2D eigenvalue weighted by atomic mass is 16.5. The third kappa shape index (κ3) is 7.10. The van der Waals surface area contributed by atoms with E-state index in [9.17, 15) is 9.59 Å². The van der Waals surface area contributed by atoms with E-state index in [1.54, 1.807) is 49.6 Å². The lowest BCUT2D eigenvalue weighted by Crippen LogP contribution is -2.32. The van der Waals surface area contributed by atoms with Crippen molar-refractivity contribution in [3.63, 3.8) is 0 Å². The minimum Gasteiger partial charge on any atom is -0.497 e. The van der Waals surface area contributed by atoms with Gasteiger partial charge in [-0.15, -0.1) is 0 Å². The molecule has 33 heavy (non-hydrogen) atoms.